The molecule has 0 bridgehead atoms. The van der Waals surface area contributed by atoms with Crippen molar-refractivity contribution in [1.82, 2.24) is 4.90 Å². The quantitative estimate of drug-likeness (QED) is 0.755. The zero-order valence-corrected chi connectivity index (χ0v) is 10.6. The molecule has 0 fully saturated rings. The summed E-state index contributed by atoms with van der Waals surface area (Å²) in [6.45, 7) is 2.98. The van der Waals surface area contributed by atoms with Crippen molar-refractivity contribution in [2.24, 2.45) is 0 Å². The SMILES string of the molecule is CCN(CCC#N)C(=O)c1cccc(CCl)c1. The maximum Gasteiger partial charge on any atom is 0.253 e. The Morgan fingerprint density at radius 1 is 1.53 bits per heavy atom. The van der Waals surface area contributed by atoms with Gasteiger partial charge in [-0.1, -0.05) is 12.1 Å². The van der Waals surface area contributed by atoms with Crippen LogP contribution in [0, 0.1) is 11.3 Å². The van der Waals surface area contributed by atoms with E-state index in [0.717, 1.165) is 5.56 Å². The Morgan fingerprint density at radius 2 is 2.29 bits per heavy atom. The summed E-state index contributed by atoms with van der Waals surface area (Å²) < 4.78 is 0. The van der Waals surface area contributed by atoms with Gasteiger partial charge in [0.1, 0.15) is 0 Å². The molecule has 1 rings (SSSR count). The van der Waals surface area contributed by atoms with E-state index >= 15 is 0 Å². The van der Waals surface area contributed by atoms with Gasteiger partial charge in [-0.15, -0.1) is 11.6 Å². The Bertz CT molecular complexity index is 426. The molecule has 0 aliphatic rings. The van der Waals surface area contributed by atoms with Crippen LogP contribution < -0.4 is 0 Å². The van der Waals surface area contributed by atoms with Crippen LogP contribution in [0.5, 0.6) is 0 Å². The molecule has 0 heterocycles. The largest absolute Gasteiger partial charge is 0.338 e. The minimum absolute atomic E-state index is 0.0466. The standard InChI is InChI=1S/C13H15ClN2O/c1-2-16(8-4-7-15)13(17)12-6-3-5-11(9-12)10-14/h3,5-6,9H,2,4,8,10H2,1H3. The lowest BCUT2D eigenvalue weighted by atomic mass is 10.1. The molecule has 0 aliphatic heterocycles. The second-order valence-corrected chi connectivity index (χ2v) is 3.89. The summed E-state index contributed by atoms with van der Waals surface area (Å²) in [5, 5.41) is 8.54. The molecule has 1 aromatic rings. The number of carbonyl (C=O) groups is 1. The zero-order chi connectivity index (χ0) is 12.7. The fraction of sp³-hybridized carbons (Fsp3) is 0.385. The molecule has 0 saturated heterocycles. The van der Waals surface area contributed by atoms with E-state index < -0.39 is 0 Å². The van der Waals surface area contributed by atoms with E-state index in [1.54, 1.807) is 17.0 Å². The highest BCUT2D eigenvalue weighted by atomic mass is 35.5. The smallest absolute Gasteiger partial charge is 0.253 e. The summed E-state index contributed by atoms with van der Waals surface area (Å²) in [7, 11) is 0. The Kier molecular flexibility index (Phi) is 5.51. The monoisotopic (exact) mass is 250 g/mol. The van der Waals surface area contributed by atoms with Crippen LogP contribution in [0.15, 0.2) is 24.3 Å². The predicted molar refractivity (Wildman–Crippen MR) is 67.8 cm³/mol. The minimum Gasteiger partial charge on any atom is -0.338 e. The first-order chi connectivity index (χ1) is 8.22. The van der Waals surface area contributed by atoms with Crippen molar-refractivity contribution in [3.63, 3.8) is 0 Å². The van der Waals surface area contributed by atoms with Crippen LogP contribution in [0.25, 0.3) is 0 Å². The number of carbonyl (C=O) groups excluding carboxylic acids is 1. The van der Waals surface area contributed by atoms with Crippen molar-refractivity contribution in [3.05, 3.63) is 35.4 Å². The lowest BCUT2D eigenvalue weighted by Crippen LogP contribution is -2.31. The second kappa shape index (κ2) is 6.93. The summed E-state index contributed by atoms with van der Waals surface area (Å²) in [4.78, 5) is 13.8. The molecular weight excluding hydrogens is 236 g/mol. The van der Waals surface area contributed by atoms with Gasteiger partial charge in [0, 0.05) is 24.5 Å². The van der Waals surface area contributed by atoms with Crippen LogP contribution in [0.2, 0.25) is 0 Å². The normalized spacial score (nSPS) is 9.71. The van der Waals surface area contributed by atoms with E-state index in [9.17, 15) is 4.79 Å². The van der Waals surface area contributed by atoms with Crippen LogP contribution in [0.3, 0.4) is 0 Å². The Hall–Kier alpha value is -1.53. The third-order valence-electron chi connectivity index (χ3n) is 2.49. The van der Waals surface area contributed by atoms with Gasteiger partial charge in [0.25, 0.3) is 5.91 Å². The first kappa shape index (κ1) is 13.5. The highest BCUT2D eigenvalue weighted by molar-refractivity contribution is 6.17. The number of hydrogen-bond donors (Lipinski definition) is 0. The highest BCUT2D eigenvalue weighted by Crippen LogP contribution is 2.10. The summed E-state index contributed by atoms with van der Waals surface area (Å²) in [6.07, 6.45) is 0.356. The molecule has 0 atom stereocenters. The molecule has 0 N–H and O–H groups in total. The summed E-state index contributed by atoms with van der Waals surface area (Å²) in [5.74, 6) is 0.348. The number of amides is 1. The van der Waals surface area contributed by atoms with E-state index in [-0.39, 0.29) is 5.91 Å². The fourth-order valence-electron chi connectivity index (χ4n) is 1.56. The van der Waals surface area contributed by atoms with Gasteiger partial charge in [-0.05, 0) is 24.6 Å². The van der Waals surface area contributed by atoms with Crippen LogP contribution >= 0.6 is 11.6 Å². The van der Waals surface area contributed by atoms with Crippen molar-refractivity contribution in [2.75, 3.05) is 13.1 Å². The van der Waals surface area contributed by atoms with Gasteiger partial charge in [0.2, 0.25) is 0 Å². The minimum atomic E-state index is -0.0466. The number of nitriles is 1. The van der Waals surface area contributed by atoms with Crippen molar-refractivity contribution in [3.8, 4) is 6.07 Å². The molecular formula is C13H15ClN2O. The lowest BCUT2D eigenvalue weighted by molar-refractivity contribution is 0.0767. The first-order valence-corrected chi connectivity index (χ1v) is 6.07. The third kappa shape index (κ3) is 3.76. The van der Waals surface area contributed by atoms with Gasteiger partial charge in [-0.2, -0.15) is 5.26 Å². The van der Waals surface area contributed by atoms with Crippen molar-refractivity contribution < 1.29 is 4.79 Å². The van der Waals surface area contributed by atoms with E-state index in [1.807, 2.05) is 25.1 Å². The molecule has 1 amide bonds. The van der Waals surface area contributed by atoms with Gasteiger partial charge < -0.3 is 4.90 Å². The maximum atomic E-state index is 12.1. The van der Waals surface area contributed by atoms with Gasteiger partial charge in [-0.3, -0.25) is 4.79 Å². The maximum absolute atomic E-state index is 12.1. The van der Waals surface area contributed by atoms with Gasteiger partial charge in [0.15, 0.2) is 0 Å². The highest BCUT2D eigenvalue weighted by Gasteiger charge is 2.13. The van der Waals surface area contributed by atoms with E-state index in [1.165, 1.54) is 0 Å². The number of hydrogen-bond acceptors (Lipinski definition) is 2. The van der Waals surface area contributed by atoms with E-state index in [0.29, 0.717) is 31.0 Å². The zero-order valence-electron chi connectivity index (χ0n) is 9.82. The molecule has 17 heavy (non-hydrogen) atoms. The molecule has 0 aromatic heterocycles. The van der Waals surface area contributed by atoms with Crippen LogP contribution in [-0.4, -0.2) is 23.9 Å². The third-order valence-corrected chi connectivity index (χ3v) is 2.80. The predicted octanol–water partition coefficient (Wildman–Crippen LogP) is 2.80. The molecule has 3 nitrogen and oxygen atoms in total. The summed E-state index contributed by atoms with van der Waals surface area (Å²) in [5.41, 5.74) is 1.55. The number of alkyl halides is 1. The topological polar surface area (TPSA) is 44.1 Å². The van der Waals surface area contributed by atoms with E-state index in [4.69, 9.17) is 16.9 Å². The number of halogens is 1. The molecule has 90 valence electrons. The molecule has 0 aliphatic carbocycles. The first-order valence-electron chi connectivity index (χ1n) is 5.54. The fourth-order valence-corrected chi connectivity index (χ4v) is 1.72. The van der Waals surface area contributed by atoms with Gasteiger partial charge >= 0.3 is 0 Å². The average Bonchev–Trinajstić information content (AvgIpc) is 2.39. The average molecular weight is 251 g/mol. The van der Waals surface area contributed by atoms with Gasteiger partial charge in [-0.25, -0.2) is 0 Å². The Labute approximate surface area is 107 Å². The van der Waals surface area contributed by atoms with E-state index in [2.05, 4.69) is 0 Å². The molecule has 0 radical (unpaired) electrons. The number of benzene rings is 1. The summed E-state index contributed by atoms with van der Waals surface area (Å²) in [6, 6.07) is 9.32. The molecule has 4 heteroatoms. The lowest BCUT2D eigenvalue weighted by Gasteiger charge is -2.19. The number of rotatable bonds is 5. The Balaban J connectivity index is 2.82. The second-order valence-electron chi connectivity index (χ2n) is 3.63. The molecule has 0 saturated carbocycles. The number of nitrogens with zero attached hydrogens (tertiary/aromatic N) is 2. The van der Waals surface area contributed by atoms with Crippen LogP contribution in [0.1, 0.15) is 29.3 Å². The molecule has 0 spiro atoms. The van der Waals surface area contributed by atoms with Crippen molar-refractivity contribution in [1.29, 1.82) is 5.26 Å². The van der Waals surface area contributed by atoms with Gasteiger partial charge in [0.05, 0.1) is 12.5 Å². The van der Waals surface area contributed by atoms with Crippen molar-refractivity contribution >= 4 is 17.5 Å². The Morgan fingerprint density at radius 3 is 2.88 bits per heavy atom. The summed E-state index contributed by atoms with van der Waals surface area (Å²) >= 11 is 5.73. The van der Waals surface area contributed by atoms with Crippen molar-refractivity contribution in [2.45, 2.75) is 19.2 Å². The molecule has 1 aromatic carbocycles. The van der Waals surface area contributed by atoms with Crippen LogP contribution in [0.4, 0.5) is 0 Å². The molecule has 0 unspecified atom stereocenters. The van der Waals surface area contributed by atoms with Crippen LogP contribution in [-0.2, 0) is 5.88 Å².